The molecule has 2 aromatic rings. The quantitative estimate of drug-likeness (QED) is 0.871. The van der Waals surface area contributed by atoms with Crippen LogP contribution in [0.2, 0.25) is 0 Å². The maximum atomic E-state index is 11.8. The maximum Gasteiger partial charge on any atom is 0.325 e. The van der Waals surface area contributed by atoms with Gasteiger partial charge < -0.3 is 9.84 Å². The van der Waals surface area contributed by atoms with Crippen molar-refractivity contribution < 1.29 is 19.4 Å². The van der Waals surface area contributed by atoms with E-state index in [1.54, 1.807) is 18.3 Å². The molecule has 0 fully saturated rings. The number of aliphatic carboxylic acids is 1. The van der Waals surface area contributed by atoms with E-state index < -0.39 is 11.6 Å². The number of nitrogens with zero attached hydrogens (tertiary/aromatic N) is 2. The van der Waals surface area contributed by atoms with Crippen LogP contribution in [0, 0.1) is 0 Å². The number of aromatic nitrogens is 2. The third-order valence-corrected chi connectivity index (χ3v) is 2.68. The van der Waals surface area contributed by atoms with Gasteiger partial charge in [-0.15, -0.1) is 0 Å². The number of rotatable bonds is 4. The summed E-state index contributed by atoms with van der Waals surface area (Å²) >= 11 is 0. The summed E-state index contributed by atoms with van der Waals surface area (Å²) in [5.74, 6) is -1.24. The predicted molar refractivity (Wildman–Crippen MR) is 76.9 cm³/mol. The molecule has 1 heterocycles. The minimum Gasteiger partial charge on any atom is -0.480 e. The lowest BCUT2D eigenvalue weighted by molar-refractivity contribution is -0.154. The Bertz CT molecular complexity index is 683. The highest BCUT2D eigenvalue weighted by Gasteiger charge is 2.16. The van der Waals surface area contributed by atoms with Crippen LogP contribution < -0.4 is 0 Å². The van der Waals surface area contributed by atoms with Gasteiger partial charge in [0, 0.05) is 11.6 Å². The second kappa shape index (κ2) is 5.55. The van der Waals surface area contributed by atoms with Crippen LogP contribution in [0.4, 0.5) is 0 Å². The molecule has 0 saturated heterocycles. The monoisotopic (exact) mass is 290 g/mol. The number of hydrogen-bond donors (Lipinski definition) is 1. The summed E-state index contributed by atoms with van der Waals surface area (Å²) in [5.41, 5.74) is 1.00. The molecule has 0 bridgehead atoms. The van der Waals surface area contributed by atoms with Crippen molar-refractivity contribution in [2.45, 2.75) is 39.3 Å². The Kier molecular flexibility index (Phi) is 3.97. The summed E-state index contributed by atoms with van der Waals surface area (Å²) in [4.78, 5) is 22.5. The van der Waals surface area contributed by atoms with E-state index in [2.05, 4.69) is 5.10 Å². The van der Waals surface area contributed by atoms with Crippen LogP contribution >= 0.6 is 0 Å². The summed E-state index contributed by atoms with van der Waals surface area (Å²) in [5, 5.41) is 13.7. The number of benzene rings is 1. The molecule has 0 aliphatic heterocycles. The van der Waals surface area contributed by atoms with Gasteiger partial charge in [0.2, 0.25) is 0 Å². The smallest absolute Gasteiger partial charge is 0.325 e. The molecule has 6 heteroatoms. The van der Waals surface area contributed by atoms with Crippen LogP contribution in [-0.4, -0.2) is 32.4 Å². The van der Waals surface area contributed by atoms with Gasteiger partial charge in [-0.25, -0.2) is 0 Å². The van der Waals surface area contributed by atoms with E-state index in [0.717, 1.165) is 10.9 Å². The van der Waals surface area contributed by atoms with Crippen molar-refractivity contribution in [2.24, 2.45) is 0 Å². The van der Waals surface area contributed by atoms with E-state index in [-0.39, 0.29) is 18.9 Å². The number of carboxylic acid groups (broad SMARTS) is 1. The lowest BCUT2D eigenvalue weighted by atomic mass is 10.1. The number of fused-ring (bicyclic) bond motifs is 1. The Hall–Kier alpha value is -2.37. The first-order chi connectivity index (χ1) is 9.73. The van der Waals surface area contributed by atoms with Crippen molar-refractivity contribution in [3.63, 3.8) is 0 Å². The third-order valence-electron chi connectivity index (χ3n) is 2.68. The molecule has 112 valence electrons. The molecule has 0 aliphatic rings. The molecule has 1 N–H and O–H groups in total. The van der Waals surface area contributed by atoms with E-state index in [1.165, 1.54) is 4.68 Å². The van der Waals surface area contributed by atoms with Gasteiger partial charge in [-0.2, -0.15) is 5.10 Å². The van der Waals surface area contributed by atoms with Gasteiger partial charge >= 0.3 is 11.9 Å². The highest BCUT2D eigenvalue weighted by molar-refractivity contribution is 5.81. The molecule has 0 radical (unpaired) electrons. The van der Waals surface area contributed by atoms with Crippen LogP contribution in [0.25, 0.3) is 10.9 Å². The Morgan fingerprint density at radius 3 is 2.67 bits per heavy atom. The van der Waals surface area contributed by atoms with E-state index in [4.69, 9.17) is 9.84 Å². The second-order valence-electron chi connectivity index (χ2n) is 5.88. The fourth-order valence-corrected chi connectivity index (χ4v) is 2.00. The SMILES string of the molecule is CC(C)(C)OC(=O)Cc1ccc2nn(CC(=O)O)cc2c1. The normalized spacial score (nSPS) is 11.6. The number of carboxylic acids is 1. The average molecular weight is 290 g/mol. The van der Waals surface area contributed by atoms with Gasteiger partial charge in [-0.05, 0) is 38.5 Å². The number of hydrogen-bond acceptors (Lipinski definition) is 4. The summed E-state index contributed by atoms with van der Waals surface area (Å²) < 4.78 is 6.64. The predicted octanol–water partition coefficient (Wildman–Crippen LogP) is 2.01. The van der Waals surface area contributed by atoms with Crippen molar-refractivity contribution in [1.29, 1.82) is 0 Å². The number of esters is 1. The number of carbonyl (C=O) groups is 2. The van der Waals surface area contributed by atoms with Crippen molar-refractivity contribution in [3.8, 4) is 0 Å². The number of carbonyl (C=O) groups excluding carboxylic acids is 1. The molecule has 1 aromatic carbocycles. The van der Waals surface area contributed by atoms with Crippen molar-refractivity contribution in [1.82, 2.24) is 9.78 Å². The first-order valence-corrected chi connectivity index (χ1v) is 6.63. The Morgan fingerprint density at radius 1 is 1.33 bits per heavy atom. The fourth-order valence-electron chi connectivity index (χ4n) is 2.00. The molecule has 2 rings (SSSR count). The van der Waals surface area contributed by atoms with Crippen molar-refractivity contribution in [2.75, 3.05) is 0 Å². The molecular formula is C15H18N2O4. The standard InChI is InChI=1S/C15H18N2O4/c1-15(2,3)21-14(20)7-10-4-5-12-11(6-10)8-17(16-12)9-13(18)19/h4-6,8H,7,9H2,1-3H3,(H,18,19). The summed E-state index contributed by atoms with van der Waals surface area (Å²) in [6.45, 7) is 5.29. The first kappa shape index (κ1) is 15.0. The summed E-state index contributed by atoms with van der Waals surface area (Å²) in [7, 11) is 0. The molecular weight excluding hydrogens is 272 g/mol. The molecule has 0 atom stereocenters. The number of ether oxygens (including phenoxy) is 1. The molecule has 0 unspecified atom stereocenters. The van der Waals surface area contributed by atoms with Crippen LogP contribution in [0.1, 0.15) is 26.3 Å². The van der Waals surface area contributed by atoms with Crippen LogP contribution in [0.3, 0.4) is 0 Å². The summed E-state index contributed by atoms with van der Waals surface area (Å²) in [6.07, 6.45) is 1.83. The minimum absolute atomic E-state index is 0.178. The van der Waals surface area contributed by atoms with Gasteiger partial charge in [0.15, 0.2) is 0 Å². The van der Waals surface area contributed by atoms with Crippen molar-refractivity contribution in [3.05, 3.63) is 30.0 Å². The fraction of sp³-hybridized carbons (Fsp3) is 0.400. The topological polar surface area (TPSA) is 81.4 Å². The second-order valence-corrected chi connectivity index (χ2v) is 5.88. The lowest BCUT2D eigenvalue weighted by Crippen LogP contribution is -2.24. The Morgan fingerprint density at radius 2 is 2.05 bits per heavy atom. The minimum atomic E-state index is -0.947. The summed E-state index contributed by atoms with van der Waals surface area (Å²) in [6, 6.07) is 5.39. The van der Waals surface area contributed by atoms with E-state index in [1.807, 2.05) is 26.8 Å². The van der Waals surface area contributed by atoms with Gasteiger partial charge in [0.25, 0.3) is 0 Å². The largest absolute Gasteiger partial charge is 0.480 e. The highest BCUT2D eigenvalue weighted by atomic mass is 16.6. The zero-order valence-electron chi connectivity index (χ0n) is 12.3. The van der Waals surface area contributed by atoms with Gasteiger partial charge in [-0.1, -0.05) is 6.07 Å². The molecule has 0 amide bonds. The molecule has 0 spiro atoms. The third kappa shape index (κ3) is 4.30. The zero-order chi connectivity index (χ0) is 15.6. The van der Waals surface area contributed by atoms with Gasteiger partial charge in [-0.3, -0.25) is 14.3 Å². The van der Waals surface area contributed by atoms with Crippen LogP contribution in [-0.2, 0) is 27.3 Å². The van der Waals surface area contributed by atoms with Gasteiger partial charge in [0.1, 0.15) is 12.1 Å². The molecule has 0 aliphatic carbocycles. The Balaban J connectivity index is 2.15. The molecule has 21 heavy (non-hydrogen) atoms. The Labute approximate surface area is 122 Å². The molecule has 6 nitrogen and oxygen atoms in total. The van der Waals surface area contributed by atoms with Crippen LogP contribution in [0.15, 0.2) is 24.4 Å². The maximum absolute atomic E-state index is 11.8. The zero-order valence-corrected chi connectivity index (χ0v) is 12.3. The molecule has 1 aromatic heterocycles. The lowest BCUT2D eigenvalue weighted by Gasteiger charge is -2.19. The van der Waals surface area contributed by atoms with Crippen molar-refractivity contribution >= 4 is 22.8 Å². The van der Waals surface area contributed by atoms with E-state index >= 15 is 0 Å². The van der Waals surface area contributed by atoms with E-state index in [9.17, 15) is 9.59 Å². The van der Waals surface area contributed by atoms with Crippen LogP contribution in [0.5, 0.6) is 0 Å². The highest BCUT2D eigenvalue weighted by Crippen LogP contribution is 2.16. The van der Waals surface area contributed by atoms with E-state index in [0.29, 0.717) is 5.52 Å². The average Bonchev–Trinajstić information content (AvgIpc) is 2.66. The first-order valence-electron chi connectivity index (χ1n) is 6.63. The molecule has 0 saturated carbocycles. The van der Waals surface area contributed by atoms with Gasteiger partial charge in [0.05, 0.1) is 11.9 Å².